The predicted octanol–water partition coefficient (Wildman–Crippen LogP) is 3.51. The number of amides is 2. The molecule has 0 atom stereocenters. The van der Waals surface area contributed by atoms with E-state index in [0.29, 0.717) is 0 Å². The fourth-order valence-corrected chi connectivity index (χ4v) is 4.04. The third kappa shape index (κ3) is 5.88. The van der Waals surface area contributed by atoms with Crippen LogP contribution in [0, 0.1) is 6.92 Å². The number of anilines is 1. The van der Waals surface area contributed by atoms with Crippen molar-refractivity contribution in [2.75, 3.05) is 65.3 Å². The molecule has 0 bridgehead atoms. The van der Waals surface area contributed by atoms with Gasteiger partial charge in [0.1, 0.15) is 0 Å². The number of nitrogens with zero attached hydrogens (tertiary/aromatic N) is 6. The van der Waals surface area contributed by atoms with Crippen molar-refractivity contribution in [1.82, 2.24) is 29.9 Å². The van der Waals surface area contributed by atoms with Crippen LogP contribution in [-0.2, 0) is 0 Å². The molecular weight excluding hydrogens is 461 g/mol. The van der Waals surface area contributed by atoms with Gasteiger partial charge in [0.25, 0.3) is 0 Å². The van der Waals surface area contributed by atoms with E-state index in [2.05, 4.69) is 49.2 Å². The molecule has 33 heavy (non-hydrogen) atoms. The van der Waals surface area contributed by atoms with Crippen molar-refractivity contribution >= 4 is 47.4 Å². The summed E-state index contributed by atoms with van der Waals surface area (Å²) in [5.74, 6) is 0. The zero-order chi connectivity index (χ0) is 22.0. The van der Waals surface area contributed by atoms with Gasteiger partial charge in [-0.05, 0) is 44.8 Å². The summed E-state index contributed by atoms with van der Waals surface area (Å²) in [7, 11) is 5.93. The van der Waals surface area contributed by atoms with Crippen LogP contribution in [0.5, 0.6) is 0 Å². The van der Waals surface area contributed by atoms with E-state index in [4.69, 9.17) is 0 Å². The maximum Gasteiger partial charge on any atom is 0.319 e. The first-order valence-electron chi connectivity index (χ1n) is 10.7. The van der Waals surface area contributed by atoms with E-state index in [1.807, 2.05) is 50.3 Å². The molecule has 1 aliphatic heterocycles. The maximum atomic E-state index is 12.8. The van der Waals surface area contributed by atoms with Crippen LogP contribution in [0.3, 0.4) is 0 Å². The molecule has 3 heterocycles. The van der Waals surface area contributed by atoms with Gasteiger partial charge in [0.05, 0.1) is 11.7 Å². The summed E-state index contributed by atoms with van der Waals surface area (Å²) in [6.07, 6.45) is 3.73. The topological polar surface area (TPSA) is 71.6 Å². The number of benzene rings is 1. The normalized spacial score (nSPS) is 13.6. The Morgan fingerprint density at radius 3 is 2.42 bits per heavy atom. The molecule has 0 radical (unpaired) electrons. The van der Waals surface area contributed by atoms with E-state index in [-0.39, 0.29) is 30.8 Å². The van der Waals surface area contributed by atoms with Gasteiger partial charge in [-0.15, -0.1) is 24.8 Å². The third-order valence-electron chi connectivity index (χ3n) is 5.96. The number of H-pyrrole nitrogens is 1. The molecule has 0 spiro atoms. The van der Waals surface area contributed by atoms with Crippen LogP contribution in [0.2, 0.25) is 0 Å². The van der Waals surface area contributed by atoms with Crippen molar-refractivity contribution in [3.63, 3.8) is 0 Å². The van der Waals surface area contributed by atoms with Crippen LogP contribution < -0.4 is 4.90 Å². The summed E-state index contributed by atoms with van der Waals surface area (Å²) in [6, 6.07) is 8.55. The number of hydrogen-bond acceptors (Lipinski definition) is 5. The van der Waals surface area contributed by atoms with Gasteiger partial charge < -0.3 is 19.6 Å². The van der Waals surface area contributed by atoms with Crippen LogP contribution >= 0.6 is 24.8 Å². The summed E-state index contributed by atoms with van der Waals surface area (Å²) in [5, 5.41) is 8.30. The van der Waals surface area contributed by atoms with Crippen molar-refractivity contribution in [2.24, 2.45) is 0 Å². The number of fused-ring (bicyclic) bond motifs is 1. The average Bonchev–Trinajstić information content (AvgIpc) is 3.22. The molecule has 8 nitrogen and oxygen atoms in total. The van der Waals surface area contributed by atoms with Gasteiger partial charge >= 0.3 is 6.03 Å². The van der Waals surface area contributed by atoms with Crippen LogP contribution in [0.25, 0.3) is 22.0 Å². The van der Waals surface area contributed by atoms with Gasteiger partial charge in [0.15, 0.2) is 0 Å². The minimum atomic E-state index is 0. The van der Waals surface area contributed by atoms with E-state index >= 15 is 0 Å². The zero-order valence-electron chi connectivity index (χ0n) is 19.6. The van der Waals surface area contributed by atoms with Crippen LogP contribution in [0.15, 0.2) is 36.7 Å². The smallest absolute Gasteiger partial charge is 0.319 e. The van der Waals surface area contributed by atoms with Crippen molar-refractivity contribution in [3.05, 3.63) is 42.4 Å². The lowest BCUT2D eigenvalue weighted by atomic mass is 10.0. The number of carbonyl (C=O) groups is 1. The second-order valence-electron chi connectivity index (χ2n) is 8.45. The zero-order valence-corrected chi connectivity index (χ0v) is 21.2. The molecule has 0 aliphatic carbocycles. The molecule has 2 aromatic heterocycles. The van der Waals surface area contributed by atoms with Gasteiger partial charge in [0.2, 0.25) is 0 Å². The highest BCUT2D eigenvalue weighted by Crippen LogP contribution is 2.31. The number of carbonyl (C=O) groups excluding carboxylic acids is 1. The second-order valence-corrected chi connectivity index (χ2v) is 8.45. The SMILES string of the molecule is Cc1[nH]ncc1-c1ccc2nccc(N3CCN(C(=O)N(C)CCN(C)C)CC3)c2c1.Cl.Cl. The summed E-state index contributed by atoms with van der Waals surface area (Å²) in [6.45, 7) is 6.68. The number of likely N-dealkylation sites (N-methyl/N-ethyl adjacent to an activating group) is 2. The Morgan fingerprint density at radius 1 is 1.06 bits per heavy atom. The number of nitrogens with one attached hydrogen (secondary N) is 1. The lowest BCUT2D eigenvalue weighted by molar-refractivity contribution is 0.156. The van der Waals surface area contributed by atoms with Crippen molar-refractivity contribution in [3.8, 4) is 11.1 Å². The first-order chi connectivity index (χ1) is 14.9. The Bertz CT molecular complexity index is 1060. The molecular formula is C23H33Cl2N7O. The van der Waals surface area contributed by atoms with Crippen LogP contribution in [0.4, 0.5) is 10.5 Å². The Kier molecular flexibility index (Phi) is 9.34. The number of aryl methyl sites for hydroxylation is 1. The number of piperazine rings is 1. The van der Waals surface area contributed by atoms with Gasteiger partial charge in [-0.3, -0.25) is 10.1 Å². The Balaban J connectivity index is 0.00000193. The average molecular weight is 494 g/mol. The number of halogens is 2. The van der Waals surface area contributed by atoms with Crippen molar-refractivity contribution in [2.45, 2.75) is 6.92 Å². The van der Waals surface area contributed by atoms with Gasteiger partial charge in [0, 0.05) is 74.8 Å². The number of pyridine rings is 1. The fraction of sp³-hybridized carbons (Fsp3) is 0.435. The van der Waals surface area contributed by atoms with Gasteiger partial charge in [-0.2, -0.15) is 5.10 Å². The summed E-state index contributed by atoms with van der Waals surface area (Å²) < 4.78 is 0. The van der Waals surface area contributed by atoms with Crippen molar-refractivity contribution < 1.29 is 4.79 Å². The highest BCUT2D eigenvalue weighted by molar-refractivity contribution is 5.95. The highest BCUT2D eigenvalue weighted by Gasteiger charge is 2.24. The van der Waals surface area contributed by atoms with E-state index in [1.165, 1.54) is 5.69 Å². The highest BCUT2D eigenvalue weighted by atomic mass is 35.5. The molecule has 1 aliphatic rings. The lowest BCUT2D eigenvalue weighted by Crippen LogP contribution is -2.52. The summed E-state index contributed by atoms with van der Waals surface area (Å²) in [4.78, 5) is 25.6. The molecule has 2 amide bonds. The van der Waals surface area contributed by atoms with Crippen LogP contribution in [-0.4, -0.2) is 96.3 Å². The molecule has 3 aromatic rings. The third-order valence-corrected chi connectivity index (χ3v) is 5.96. The van der Waals surface area contributed by atoms with Gasteiger partial charge in [-0.25, -0.2) is 4.79 Å². The predicted molar refractivity (Wildman–Crippen MR) is 139 cm³/mol. The van der Waals surface area contributed by atoms with E-state index < -0.39 is 0 Å². The summed E-state index contributed by atoms with van der Waals surface area (Å²) in [5.41, 5.74) is 5.43. The Hall–Kier alpha value is -2.55. The molecule has 180 valence electrons. The number of urea groups is 1. The minimum absolute atomic E-state index is 0. The molecule has 1 N–H and O–H groups in total. The number of aromatic nitrogens is 3. The molecule has 1 saturated heterocycles. The van der Waals surface area contributed by atoms with Crippen molar-refractivity contribution in [1.29, 1.82) is 0 Å². The molecule has 1 fully saturated rings. The largest absolute Gasteiger partial charge is 0.367 e. The number of rotatable bonds is 5. The minimum Gasteiger partial charge on any atom is -0.367 e. The molecule has 4 rings (SSSR count). The molecule has 1 aromatic carbocycles. The maximum absolute atomic E-state index is 12.8. The first-order valence-corrected chi connectivity index (χ1v) is 10.7. The lowest BCUT2D eigenvalue weighted by Gasteiger charge is -2.38. The first kappa shape index (κ1) is 26.7. The Labute approximate surface area is 207 Å². The van der Waals surface area contributed by atoms with E-state index in [0.717, 1.165) is 67.0 Å². The fourth-order valence-electron chi connectivity index (χ4n) is 4.04. The van der Waals surface area contributed by atoms with E-state index in [9.17, 15) is 4.79 Å². The molecule has 0 unspecified atom stereocenters. The quantitative estimate of drug-likeness (QED) is 0.588. The standard InChI is InChI=1S/C23H31N7O.2ClH/c1-17-20(16-25-26-17)18-5-6-21-19(15-18)22(7-8-24-21)29-11-13-30(14-12-29)23(31)28(4)10-9-27(2)3;;/h5-8,15-16H,9-14H2,1-4H3,(H,25,26);2*1H. The van der Waals surface area contributed by atoms with Crippen LogP contribution in [0.1, 0.15) is 5.69 Å². The molecule has 0 saturated carbocycles. The molecule has 10 heteroatoms. The monoisotopic (exact) mass is 493 g/mol. The second kappa shape index (κ2) is 11.5. The number of aromatic amines is 1. The Morgan fingerprint density at radius 2 is 1.79 bits per heavy atom. The number of hydrogen-bond donors (Lipinski definition) is 1. The van der Waals surface area contributed by atoms with Gasteiger partial charge in [-0.1, -0.05) is 6.07 Å². The van der Waals surface area contributed by atoms with E-state index in [1.54, 1.807) is 0 Å². The summed E-state index contributed by atoms with van der Waals surface area (Å²) >= 11 is 0.